The number of amides is 1. The number of para-hydroxylation sites is 1. The second-order valence-electron chi connectivity index (χ2n) is 7.76. The van der Waals surface area contributed by atoms with Crippen molar-refractivity contribution in [1.29, 1.82) is 0 Å². The van der Waals surface area contributed by atoms with Crippen molar-refractivity contribution in [2.24, 2.45) is 0 Å². The van der Waals surface area contributed by atoms with Crippen LogP contribution >= 0.6 is 0 Å². The van der Waals surface area contributed by atoms with Gasteiger partial charge in [0.15, 0.2) is 0 Å². The predicted molar refractivity (Wildman–Crippen MR) is 105 cm³/mol. The van der Waals surface area contributed by atoms with E-state index in [0.29, 0.717) is 6.54 Å². The number of ether oxygens (including phenoxy) is 2. The van der Waals surface area contributed by atoms with Gasteiger partial charge in [-0.1, -0.05) is 43.2 Å². The van der Waals surface area contributed by atoms with Gasteiger partial charge in [0.1, 0.15) is 17.6 Å². The van der Waals surface area contributed by atoms with E-state index in [1.165, 1.54) is 5.56 Å². The highest BCUT2D eigenvalue weighted by molar-refractivity contribution is 5.88. The third-order valence-corrected chi connectivity index (χ3v) is 6.05. The number of rotatable bonds is 5. The van der Waals surface area contributed by atoms with Gasteiger partial charge >= 0.3 is 0 Å². The summed E-state index contributed by atoms with van der Waals surface area (Å²) in [6.07, 6.45) is 4.91. The Labute approximate surface area is 161 Å². The molecule has 4 heteroatoms. The molecule has 0 saturated heterocycles. The molecule has 4 rings (SSSR count). The topological polar surface area (TPSA) is 38.8 Å². The van der Waals surface area contributed by atoms with Gasteiger partial charge in [0, 0.05) is 13.5 Å². The number of fused-ring (bicyclic) bond motifs is 1. The van der Waals surface area contributed by atoms with Crippen molar-refractivity contribution in [3.63, 3.8) is 0 Å². The van der Waals surface area contributed by atoms with E-state index in [0.717, 1.165) is 49.2 Å². The summed E-state index contributed by atoms with van der Waals surface area (Å²) in [5.41, 5.74) is 1.93. The Kier molecular flexibility index (Phi) is 4.81. The molecule has 2 aromatic rings. The molecule has 1 saturated carbocycles. The maximum atomic E-state index is 13.5. The second-order valence-corrected chi connectivity index (χ2v) is 7.76. The van der Waals surface area contributed by atoms with Crippen molar-refractivity contribution >= 4 is 5.91 Å². The normalized spacial score (nSPS) is 20.0. The molecule has 27 heavy (non-hydrogen) atoms. The zero-order chi connectivity index (χ0) is 18.9. The van der Waals surface area contributed by atoms with Crippen LogP contribution in [0.1, 0.15) is 36.8 Å². The van der Waals surface area contributed by atoms with Crippen molar-refractivity contribution in [1.82, 2.24) is 4.90 Å². The van der Waals surface area contributed by atoms with Gasteiger partial charge in [-0.3, -0.25) is 4.79 Å². The van der Waals surface area contributed by atoms with Crippen LogP contribution in [0, 0.1) is 0 Å². The lowest BCUT2D eigenvalue weighted by molar-refractivity contribution is -0.137. The van der Waals surface area contributed by atoms with Crippen molar-refractivity contribution in [2.45, 2.75) is 43.6 Å². The lowest BCUT2D eigenvalue weighted by Gasteiger charge is -2.34. The van der Waals surface area contributed by atoms with Crippen LogP contribution < -0.4 is 9.47 Å². The SMILES string of the molecule is COc1ccc(C2(C(=O)N(C)C[C@@H]3Cc4ccccc4O3)CCCC2)cc1. The average molecular weight is 365 g/mol. The molecule has 0 aromatic heterocycles. The highest BCUT2D eigenvalue weighted by Gasteiger charge is 2.44. The fraction of sp³-hybridized carbons (Fsp3) is 0.435. The molecule has 0 N–H and O–H groups in total. The van der Waals surface area contributed by atoms with E-state index in [9.17, 15) is 4.79 Å². The standard InChI is InChI=1S/C23H27NO3/c1-24(16-20-15-17-7-3-4-8-21(17)27-20)22(25)23(13-5-6-14-23)18-9-11-19(26-2)12-10-18/h3-4,7-12,20H,5-6,13-16H2,1-2H3/t20-/m0/s1. The van der Waals surface area contributed by atoms with Crippen LogP contribution in [0.2, 0.25) is 0 Å². The number of carbonyl (C=O) groups excluding carboxylic acids is 1. The van der Waals surface area contributed by atoms with Gasteiger partial charge < -0.3 is 14.4 Å². The zero-order valence-electron chi connectivity index (χ0n) is 16.1. The minimum absolute atomic E-state index is 0.0330. The van der Waals surface area contributed by atoms with E-state index < -0.39 is 5.41 Å². The van der Waals surface area contributed by atoms with Crippen molar-refractivity contribution in [3.05, 3.63) is 59.7 Å². The van der Waals surface area contributed by atoms with Crippen molar-refractivity contribution in [3.8, 4) is 11.5 Å². The summed E-state index contributed by atoms with van der Waals surface area (Å²) >= 11 is 0. The molecule has 2 aromatic carbocycles. The quantitative estimate of drug-likeness (QED) is 0.805. The summed E-state index contributed by atoms with van der Waals surface area (Å²) < 4.78 is 11.3. The zero-order valence-corrected chi connectivity index (χ0v) is 16.1. The van der Waals surface area contributed by atoms with Gasteiger partial charge in [-0.2, -0.15) is 0 Å². The number of likely N-dealkylation sites (N-methyl/N-ethyl adjacent to an activating group) is 1. The van der Waals surface area contributed by atoms with Gasteiger partial charge in [-0.25, -0.2) is 0 Å². The molecule has 0 bridgehead atoms. The molecule has 0 spiro atoms. The fourth-order valence-electron chi connectivity index (χ4n) is 4.62. The summed E-state index contributed by atoms with van der Waals surface area (Å²) in [4.78, 5) is 15.4. The van der Waals surface area contributed by atoms with Crippen LogP contribution in [-0.2, 0) is 16.6 Å². The minimum atomic E-state index is -0.410. The summed E-state index contributed by atoms with van der Waals surface area (Å²) in [6, 6.07) is 16.2. The molecule has 1 atom stereocenters. The Bertz CT molecular complexity index is 784. The molecule has 1 amide bonds. The Morgan fingerprint density at radius 3 is 2.52 bits per heavy atom. The molecule has 1 heterocycles. The van der Waals surface area contributed by atoms with Gasteiger partial charge in [-0.05, 0) is 42.2 Å². The number of nitrogens with zero attached hydrogens (tertiary/aromatic N) is 1. The third kappa shape index (κ3) is 3.29. The first-order valence-electron chi connectivity index (χ1n) is 9.77. The number of benzene rings is 2. The monoisotopic (exact) mass is 365 g/mol. The number of carbonyl (C=O) groups is 1. The number of hydrogen-bond acceptors (Lipinski definition) is 3. The van der Waals surface area contributed by atoms with E-state index >= 15 is 0 Å². The van der Waals surface area contributed by atoms with Crippen molar-refractivity contribution < 1.29 is 14.3 Å². The van der Waals surface area contributed by atoms with Gasteiger partial charge in [-0.15, -0.1) is 0 Å². The van der Waals surface area contributed by atoms with E-state index in [1.54, 1.807) is 7.11 Å². The first-order valence-corrected chi connectivity index (χ1v) is 9.77. The highest BCUT2D eigenvalue weighted by atomic mass is 16.5. The second kappa shape index (κ2) is 7.26. The van der Waals surface area contributed by atoms with Gasteiger partial charge in [0.05, 0.1) is 19.1 Å². The molecule has 1 fully saturated rings. The van der Waals surface area contributed by atoms with Crippen LogP contribution in [0.15, 0.2) is 48.5 Å². The van der Waals surface area contributed by atoms with Crippen LogP contribution in [0.3, 0.4) is 0 Å². The van der Waals surface area contributed by atoms with Crippen LogP contribution in [0.4, 0.5) is 0 Å². The lowest BCUT2D eigenvalue weighted by Crippen LogP contribution is -2.46. The Hall–Kier alpha value is -2.49. The molecule has 1 aliphatic heterocycles. The Balaban J connectivity index is 1.50. The third-order valence-electron chi connectivity index (χ3n) is 6.05. The molecule has 2 aliphatic rings. The van der Waals surface area contributed by atoms with E-state index in [4.69, 9.17) is 9.47 Å². The van der Waals surface area contributed by atoms with Crippen LogP contribution in [0.5, 0.6) is 11.5 Å². The predicted octanol–water partition coefficient (Wildman–Crippen LogP) is 3.97. The number of methoxy groups -OCH3 is 1. The molecule has 1 aliphatic carbocycles. The number of hydrogen-bond donors (Lipinski definition) is 0. The van der Waals surface area contributed by atoms with E-state index in [2.05, 4.69) is 18.2 Å². The van der Waals surface area contributed by atoms with Crippen LogP contribution in [-0.4, -0.2) is 37.6 Å². The average Bonchev–Trinajstić information content (AvgIpc) is 3.34. The first-order chi connectivity index (χ1) is 13.1. The molecule has 0 unspecified atom stereocenters. The minimum Gasteiger partial charge on any atom is -0.497 e. The molecule has 4 nitrogen and oxygen atoms in total. The molecule has 0 radical (unpaired) electrons. The molecular weight excluding hydrogens is 338 g/mol. The maximum absolute atomic E-state index is 13.5. The summed E-state index contributed by atoms with van der Waals surface area (Å²) in [6.45, 7) is 0.616. The highest BCUT2D eigenvalue weighted by Crippen LogP contribution is 2.43. The molecule has 142 valence electrons. The maximum Gasteiger partial charge on any atom is 0.233 e. The van der Waals surface area contributed by atoms with Gasteiger partial charge in [0.25, 0.3) is 0 Å². The fourth-order valence-corrected chi connectivity index (χ4v) is 4.62. The summed E-state index contributed by atoms with van der Waals surface area (Å²) in [5.74, 6) is 1.99. The van der Waals surface area contributed by atoms with Crippen LogP contribution in [0.25, 0.3) is 0 Å². The first kappa shape index (κ1) is 17.9. The Morgan fingerprint density at radius 1 is 1.15 bits per heavy atom. The Morgan fingerprint density at radius 2 is 1.85 bits per heavy atom. The largest absolute Gasteiger partial charge is 0.497 e. The van der Waals surface area contributed by atoms with Crippen molar-refractivity contribution in [2.75, 3.05) is 20.7 Å². The summed E-state index contributed by atoms with van der Waals surface area (Å²) in [7, 11) is 3.58. The van der Waals surface area contributed by atoms with E-state index in [-0.39, 0.29) is 12.0 Å². The lowest BCUT2D eigenvalue weighted by atomic mass is 9.77. The van der Waals surface area contributed by atoms with E-state index in [1.807, 2.05) is 42.3 Å². The molecular formula is C23H27NO3. The smallest absolute Gasteiger partial charge is 0.233 e. The van der Waals surface area contributed by atoms with Gasteiger partial charge in [0.2, 0.25) is 5.91 Å². The summed E-state index contributed by atoms with van der Waals surface area (Å²) in [5, 5.41) is 0.